The number of hydrogen-bond acceptors (Lipinski definition) is 6. The van der Waals surface area contributed by atoms with Gasteiger partial charge in [0.1, 0.15) is 17.8 Å². The first kappa shape index (κ1) is 24.0. The Kier molecular flexibility index (Phi) is 6.55. The summed E-state index contributed by atoms with van der Waals surface area (Å²) in [4.78, 5) is 51.1. The van der Waals surface area contributed by atoms with Crippen molar-refractivity contribution >= 4 is 23.8 Å². The number of urea groups is 1. The van der Waals surface area contributed by atoms with Gasteiger partial charge in [-0.2, -0.15) is 0 Å². The molecule has 2 fully saturated rings. The minimum absolute atomic E-state index is 0.143. The Labute approximate surface area is 199 Å². The molecule has 9 nitrogen and oxygen atoms in total. The van der Waals surface area contributed by atoms with Crippen LogP contribution in [0.25, 0.3) is 0 Å². The molecule has 184 valence electrons. The zero-order chi connectivity index (χ0) is 24.5. The molecule has 1 spiro atoms. The Morgan fingerprint density at radius 2 is 1.88 bits per heavy atom. The summed E-state index contributed by atoms with van der Waals surface area (Å²) in [5, 5.41) is 5.66. The fourth-order valence-corrected chi connectivity index (χ4v) is 5.18. The topological polar surface area (TPSA) is 114 Å². The molecule has 1 aromatic carbocycles. The van der Waals surface area contributed by atoms with Gasteiger partial charge in [-0.15, -0.1) is 0 Å². The molecule has 1 saturated carbocycles. The van der Waals surface area contributed by atoms with Crippen molar-refractivity contribution in [2.75, 3.05) is 19.8 Å². The van der Waals surface area contributed by atoms with E-state index in [1.54, 1.807) is 0 Å². The molecular formula is C25H33N3O6. The van der Waals surface area contributed by atoms with E-state index in [1.807, 2.05) is 24.3 Å². The predicted octanol–water partition coefficient (Wildman–Crippen LogP) is 2.70. The third kappa shape index (κ3) is 4.88. The van der Waals surface area contributed by atoms with Crippen molar-refractivity contribution < 1.29 is 28.7 Å². The number of hydrogen-bond donors (Lipinski definition) is 2. The van der Waals surface area contributed by atoms with Crippen LogP contribution in [0.3, 0.4) is 0 Å². The number of imide groups is 1. The quantitative estimate of drug-likeness (QED) is 0.504. The molecule has 1 saturated heterocycles. The molecule has 3 aliphatic rings. The van der Waals surface area contributed by atoms with E-state index in [9.17, 15) is 19.2 Å². The molecule has 1 aromatic rings. The van der Waals surface area contributed by atoms with Gasteiger partial charge in [0, 0.05) is 12.0 Å². The third-order valence-corrected chi connectivity index (χ3v) is 7.25. The summed E-state index contributed by atoms with van der Waals surface area (Å²) >= 11 is 0. The fraction of sp³-hybridized carbons (Fsp3) is 0.600. The normalized spacial score (nSPS) is 26.5. The van der Waals surface area contributed by atoms with Crippen LogP contribution in [0.5, 0.6) is 5.75 Å². The van der Waals surface area contributed by atoms with Crippen molar-refractivity contribution in [1.29, 1.82) is 0 Å². The average molecular weight is 472 g/mol. The first-order valence-electron chi connectivity index (χ1n) is 11.9. The van der Waals surface area contributed by atoms with Gasteiger partial charge in [0.25, 0.3) is 11.8 Å². The van der Waals surface area contributed by atoms with Gasteiger partial charge in [0.15, 0.2) is 6.61 Å². The third-order valence-electron chi connectivity index (χ3n) is 7.25. The number of amides is 4. The standard InChI is InChI=1S/C25H33N3O6/c1-24(2,3)16-8-11-25(12-9-16)22(31)28(23(32)27-25)14-21(30)34-15-20(29)26-18-10-13-33-19-7-5-4-6-17(18)19/h4-7,16,18H,8-15H2,1-3H3,(H,26,29)(H,27,32)/t16?,18-,25?/m0/s1. The summed E-state index contributed by atoms with van der Waals surface area (Å²) in [7, 11) is 0. The van der Waals surface area contributed by atoms with E-state index in [4.69, 9.17) is 9.47 Å². The van der Waals surface area contributed by atoms with Crippen molar-refractivity contribution in [3.63, 3.8) is 0 Å². The molecule has 0 unspecified atom stereocenters. The maximum Gasteiger partial charge on any atom is 0.326 e. The maximum absolute atomic E-state index is 13.0. The van der Waals surface area contributed by atoms with Crippen LogP contribution in [0.2, 0.25) is 0 Å². The van der Waals surface area contributed by atoms with E-state index in [2.05, 4.69) is 31.4 Å². The van der Waals surface area contributed by atoms with Crippen LogP contribution in [0.4, 0.5) is 4.79 Å². The van der Waals surface area contributed by atoms with E-state index in [1.165, 1.54) is 0 Å². The first-order valence-corrected chi connectivity index (χ1v) is 11.9. The number of fused-ring (bicyclic) bond motifs is 1. The highest BCUT2D eigenvalue weighted by molar-refractivity contribution is 6.08. The van der Waals surface area contributed by atoms with E-state index in [-0.39, 0.29) is 17.4 Å². The van der Waals surface area contributed by atoms with Crippen molar-refractivity contribution in [3.8, 4) is 5.75 Å². The summed E-state index contributed by atoms with van der Waals surface area (Å²) < 4.78 is 10.7. The molecule has 1 atom stereocenters. The van der Waals surface area contributed by atoms with Crippen molar-refractivity contribution in [2.24, 2.45) is 11.3 Å². The van der Waals surface area contributed by atoms with Crippen molar-refractivity contribution in [1.82, 2.24) is 15.5 Å². The van der Waals surface area contributed by atoms with Gasteiger partial charge < -0.3 is 20.1 Å². The van der Waals surface area contributed by atoms with Gasteiger partial charge in [-0.25, -0.2) is 4.79 Å². The van der Waals surface area contributed by atoms with Crippen LogP contribution in [0.15, 0.2) is 24.3 Å². The summed E-state index contributed by atoms with van der Waals surface area (Å²) in [6.45, 7) is 6.03. The van der Waals surface area contributed by atoms with E-state index < -0.39 is 36.6 Å². The van der Waals surface area contributed by atoms with Crippen LogP contribution in [0.1, 0.15) is 64.5 Å². The molecule has 4 rings (SSSR count). The lowest BCUT2D eigenvalue weighted by Crippen LogP contribution is -2.50. The van der Waals surface area contributed by atoms with E-state index in [0.29, 0.717) is 31.8 Å². The Hall–Kier alpha value is -3.10. The average Bonchev–Trinajstić information content (AvgIpc) is 3.01. The fourth-order valence-electron chi connectivity index (χ4n) is 5.18. The second-order valence-corrected chi connectivity index (χ2v) is 10.5. The van der Waals surface area contributed by atoms with Gasteiger partial charge >= 0.3 is 12.0 Å². The maximum atomic E-state index is 13.0. The molecule has 1 aliphatic carbocycles. The summed E-state index contributed by atoms with van der Waals surface area (Å²) in [6.07, 6.45) is 3.39. The highest BCUT2D eigenvalue weighted by Crippen LogP contribution is 2.43. The molecule has 0 bridgehead atoms. The summed E-state index contributed by atoms with van der Waals surface area (Å²) in [5.74, 6) is -0.441. The SMILES string of the molecule is CC(C)(C)C1CCC2(CC1)NC(=O)N(CC(=O)OCC(=O)N[C@H]1CCOc3ccccc31)C2=O. The van der Waals surface area contributed by atoms with Crippen LogP contribution in [-0.4, -0.2) is 54.0 Å². The van der Waals surface area contributed by atoms with Crippen LogP contribution in [0, 0.1) is 11.3 Å². The smallest absolute Gasteiger partial charge is 0.326 e. The number of carbonyl (C=O) groups excluding carboxylic acids is 4. The Morgan fingerprint density at radius 3 is 2.59 bits per heavy atom. The number of nitrogens with zero attached hydrogens (tertiary/aromatic N) is 1. The lowest BCUT2D eigenvalue weighted by molar-refractivity contribution is -0.151. The predicted molar refractivity (Wildman–Crippen MR) is 123 cm³/mol. The monoisotopic (exact) mass is 471 g/mol. The van der Waals surface area contributed by atoms with Crippen molar-refractivity contribution in [3.05, 3.63) is 29.8 Å². The first-order chi connectivity index (χ1) is 16.1. The van der Waals surface area contributed by atoms with Crippen LogP contribution >= 0.6 is 0 Å². The Balaban J connectivity index is 1.27. The minimum atomic E-state index is -0.938. The van der Waals surface area contributed by atoms with E-state index in [0.717, 1.165) is 29.1 Å². The molecule has 0 radical (unpaired) electrons. The second kappa shape index (κ2) is 9.27. The lowest BCUT2D eigenvalue weighted by Gasteiger charge is -2.40. The van der Waals surface area contributed by atoms with Gasteiger partial charge in [0.2, 0.25) is 0 Å². The lowest BCUT2D eigenvalue weighted by atomic mass is 9.67. The number of esters is 1. The van der Waals surface area contributed by atoms with Gasteiger partial charge in [-0.1, -0.05) is 39.0 Å². The summed E-state index contributed by atoms with van der Waals surface area (Å²) in [5.41, 5.74) is 0.0797. The number of carbonyl (C=O) groups is 4. The molecule has 2 aliphatic heterocycles. The van der Waals surface area contributed by atoms with E-state index >= 15 is 0 Å². The number of para-hydroxylation sites is 1. The largest absolute Gasteiger partial charge is 0.493 e. The van der Waals surface area contributed by atoms with Gasteiger partial charge in [0.05, 0.1) is 12.6 Å². The molecule has 34 heavy (non-hydrogen) atoms. The molecule has 2 N–H and O–H groups in total. The Morgan fingerprint density at radius 1 is 1.18 bits per heavy atom. The minimum Gasteiger partial charge on any atom is -0.493 e. The number of nitrogens with one attached hydrogen (secondary N) is 2. The summed E-state index contributed by atoms with van der Waals surface area (Å²) in [6, 6.07) is 6.64. The van der Waals surface area contributed by atoms with Crippen molar-refractivity contribution in [2.45, 2.75) is 64.5 Å². The van der Waals surface area contributed by atoms with Crippen LogP contribution in [-0.2, 0) is 19.1 Å². The number of benzene rings is 1. The molecule has 9 heteroatoms. The molecular weight excluding hydrogens is 438 g/mol. The van der Waals surface area contributed by atoms with Gasteiger partial charge in [-0.3, -0.25) is 19.3 Å². The second-order valence-electron chi connectivity index (χ2n) is 10.5. The number of rotatable bonds is 5. The zero-order valence-electron chi connectivity index (χ0n) is 20.0. The van der Waals surface area contributed by atoms with Crippen LogP contribution < -0.4 is 15.4 Å². The zero-order valence-corrected chi connectivity index (χ0v) is 20.0. The van der Waals surface area contributed by atoms with Gasteiger partial charge in [-0.05, 0) is 43.1 Å². The number of ether oxygens (including phenoxy) is 2. The molecule has 4 amide bonds. The Bertz CT molecular complexity index is 977. The highest BCUT2D eigenvalue weighted by Gasteiger charge is 2.53. The molecule has 2 heterocycles. The molecule has 0 aromatic heterocycles. The highest BCUT2D eigenvalue weighted by atomic mass is 16.5.